The summed E-state index contributed by atoms with van der Waals surface area (Å²) < 4.78 is 6.67. The van der Waals surface area contributed by atoms with Crippen LogP contribution in [0, 0.1) is 0 Å². The largest absolute Gasteiger partial charge is 0.383 e. The van der Waals surface area contributed by atoms with Gasteiger partial charge in [0, 0.05) is 53.1 Å². The van der Waals surface area contributed by atoms with E-state index in [9.17, 15) is 9.59 Å². The van der Waals surface area contributed by atoms with Crippen molar-refractivity contribution in [2.75, 3.05) is 40.9 Å². The Morgan fingerprint density at radius 2 is 2.05 bits per heavy atom. The zero-order valence-corrected chi connectivity index (χ0v) is 12.3. The molecule has 0 atom stereocenters. The van der Waals surface area contributed by atoms with Crippen LogP contribution in [0.4, 0.5) is 0 Å². The number of aromatic nitrogens is 2. The summed E-state index contributed by atoms with van der Waals surface area (Å²) in [5, 5.41) is 4.04. The number of carbonyl (C=O) groups excluding carboxylic acids is 2. The van der Waals surface area contributed by atoms with Crippen molar-refractivity contribution in [3.05, 3.63) is 18.5 Å². The van der Waals surface area contributed by atoms with E-state index in [1.165, 1.54) is 9.80 Å². The van der Waals surface area contributed by atoms with Crippen LogP contribution >= 0.6 is 0 Å². The van der Waals surface area contributed by atoms with Gasteiger partial charge in [-0.15, -0.1) is 0 Å². The van der Waals surface area contributed by atoms with Gasteiger partial charge in [0.15, 0.2) is 0 Å². The van der Waals surface area contributed by atoms with Gasteiger partial charge in [-0.3, -0.25) is 14.3 Å². The molecule has 0 fully saturated rings. The van der Waals surface area contributed by atoms with Crippen molar-refractivity contribution in [1.29, 1.82) is 0 Å². The van der Waals surface area contributed by atoms with Crippen molar-refractivity contribution < 1.29 is 14.3 Å². The number of aryl methyl sites for hydroxylation is 1. The van der Waals surface area contributed by atoms with E-state index in [0.29, 0.717) is 26.1 Å². The summed E-state index contributed by atoms with van der Waals surface area (Å²) in [6.07, 6.45) is 3.78. The predicted molar refractivity (Wildman–Crippen MR) is 74.0 cm³/mol. The van der Waals surface area contributed by atoms with Gasteiger partial charge in [0.25, 0.3) is 0 Å². The average molecular weight is 282 g/mol. The van der Waals surface area contributed by atoms with Crippen LogP contribution in [0.1, 0.15) is 6.42 Å². The molecule has 0 aliphatic carbocycles. The number of amides is 2. The molecular weight excluding hydrogens is 260 g/mol. The molecule has 20 heavy (non-hydrogen) atoms. The number of methoxy groups -OCH3 is 1. The topological polar surface area (TPSA) is 67.7 Å². The molecule has 0 aromatic carbocycles. The molecular formula is C13H22N4O3. The van der Waals surface area contributed by atoms with E-state index in [1.807, 2.05) is 6.07 Å². The van der Waals surface area contributed by atoms with Crippen LogP contribution in [0.3, 0.4) is 0 Å². The van der Waals surface area contributed by atoms with Gasteiger partial charge >= 0.3 is 0 Å². The number of ether oxygens (including phenoxy) is 1. The summed E-state index contributed by atoms with van der Waals surface area (Å²) >= 11 is 0. The highest BCUT2D eigenvalue weighted by atomic mass is 16.5. The van der Waals surface area contributed by atoms with Crippen LogP contribution in [0.25, 0.3) is 0 Å². The van der Waals surface area contributed by atoms with Crippen LogP contribution < -0.4 is 0 Å². The van der Waals surface area contributed by atoms with E-state index in [0.717, 1.165) is 0 Å². The Bertz CT molecular complexity index is 417. The lowest BCUT2D eigenvalue weighted by atomic mass is 10.3. The molecule has 7 heteroatoms. The molecule has 2 amide bonds. The Morgan fingerprint density at radius 1 is 1.30 bits per heavy atom. The smallest absolute Gasteiger partial charge is 0.241 e. The number of carbonyl (C=O) groups is 2. The van der Waals surface area contributed by atoms with Gasteiger partial charge in [-0.1, -0.05) is 0 Å². The highest BCUT2D eigenvalue weighted by Crippen LogP contribution is 1.99. The molecule has 1 aromatic rings. The third-order valence-corrected chi connectivity index (χ3v) is 2.86. The number of nitrogens with zero attached hydrogens (tertiary/aromatic N) is 4. The second-order valence-electron chi connectivity index (χ2n) is 4.62. The molecule has 0 aliphatic rings. The van der Waals surface area contributed by atoms with E-state index >= 15 is 0 Å². The van der Waals surface area contributed by atoms with Gasteiger partial charge in [0.1, 0.15) is 0 Å². The maximum absolute atomic E-state index is 12.2. The van der Waals surface area contributed by atoms with E-state index < -0.39 is 0 Å². The number of rotatable bonds is 8. The summed E-state index contributed by atoms with van der Waals surface area (Å²) in [7, 11) is 4.91. The first-order valence-electron chi connectivity index (χ1n) is 6.49. The van der Waals surface area contributed by atoms with Crippen LogP contribution in [-0.4, -0.2) is 72.3 Å². The van der Waals surface area contributed by atoms with Crippen molar-refractivity contribution in [1.82, 2.24) is 19.6 Å². The molecule has 0 saturated heterocycles. The first-order valence-corrected chi connectivity index (χ1v) is 6.49. The maximum atomic E-state index is 12.2. The fourth-order valence-electron chi connectivity index (χ4n) is 1.60. The number of hydrogen-bond donors (Lipinski definition) is 0. The van der Waals surface area contributed by atoms with E-state index in [4.69, 9.17) is 4.74 Å². The minimum atomic E-state index is -0.103. The normalized spacial score (nSPS) is 10.3. The first-order chi connectivity index (χ1) is 9.54. The highest BCUT2D eigenvalue weighted by molar-refractivity contribution is 5.84. The van der Waals surface area contributed by atoms with Gasteiger partial charge in [-0.25, -0.2) is 0 Å². The van der Waals surface area contributed by atoms with Gasteiger partial charge in [0.2, 0.25) is 11.8 Å². The van der Waals surface area contributed by atoms with Gasteiger partial charge in [0.05, 0.1) is 13.2 Å². The van der Waals surface area contributed by atoms with E-state index in [-0.39, 0.29) is 18.4 Å². The highest BCUT2D eigenvalue weighted by Gasteiger charge is 2.17. The lowest BCUT2D eigenvalue weighted by Crippen LogP contribution is -2.42. The van der Waals surface area contributed by atoms with Crippen molar-refractivity contribution >= 4 is 11.8 Å². The van der Waals surface area contributed by atoms with Gasteiger partial charge < -0.3 is 14.5 Å². The lowest BCUT2D eigenvalue weighted by Gasteiger charge is -2.23. The molecule has 1 heterocycles. The Kier molecular flexibility index (Phi) is 6.72. The van der Waals surface area contributed by atoms with Gasteiger partial charge in [-0.2, -0.15) is 5.10 Å². The third kappa shape index (κ3) is 5.40. The Labute approximate surface area is 119 Å². The van der Waals surface area contributed by atoms with Crippen molar-refractivity contribution in [2.45, 2.75) is 13.0 Å². The van der Waals surface area contributed by atoms with Crippen LogP contribution in [0.2, 0.25) is 0 Å². The summed E-state index contributed by atoms with van der Waals surface area (Å²) in [6, 6.07) is 1.81. The average Bonchev–Trinajstić information content (AvgIpc) is 2.93. The molecule has 0 aliphatic heterocycles. The Balaban J connectivity index is 2.52. The molecule has 0 bridgehead atoms. The van der Waals surface area contributed by atoms with Crippen molar-refractivity contribution in [3.63, 3.8) is 0 Å². The summed E-state index contributed by atoms with van der Waals surface area (Å²) in [6.45, 7) is 1.40. The molecule has 0 radical (unpaired) electrons. The van der Waals surface area contributed by atoms with Crippen molar-refractivity contribution in [3.8, 4) is 0 Å². The zero-order valence-electron chi connectivity index (χ0n) is 12.3. The summed E-state index contributed by atoms with van der Waals surface area (Å²) in [4.78, 5) is 26.9. The second kappa shape index (κ2) is 8.31. The first kappa shape index (κ1) is 16.2. The van der Waals surface area contributed by atoms with E-state index in [1.54, 1.807) is 38.3 Å². The zero-order chi connectivity index (χ0) is 15.0. The summed E-state index contributed by atoms with van der Waals surface area (Å²) in [5.74, 6) is -0.179. The minimum absolute atomic E-state index is 0.0762. The molecule has 0 spiro atoms. The number of likely N-dealkylation sites (N-methyl/N-ethyl adjacent to an activating group) is 1. The molecule has 0 N–H and O–H groups in total. The Morgan fingerprint density at radius 3 is 2.60 bits per heavy atom. The maximum Gasteiger partial charge on any atom is 0.241 e. The van der Waals surface area contributed by atoms with Gasteiger partial charge in [-0.05, 0) is 6.07 Å². The molecule has 1 aromatic heterocycles. The molecule has 0 unspecified atom stereocenters. The van der Waals surface area contributed by atoms with Crippen molar-refractivity contribution in [2.24, 2.45) is 0 Å². The van der Waals surface area contributed by atoms with E-state index in [2.05, 4.69) is 5.10 Å². The fraction of sp³-hybridized carbons (Fsp3) is 0.615. The second-order valence-corrected chi connectivity index (χ2v) is 4.62. The quantitative estimate of drug-likeness (QED) is 0.664. The molecule has 1 rings (SSSR count). The number of hydrogen-bond acceptors (Lipinski definition) is 4. The molecule has 112 valence electrons. The minimum Gasteiger partial charge on any atom is -0.383 e. The third-order valence-electron chi connectivity index (χ3n) is 2.86. The van der Waals surface area contributed by atoms with Crippen LogP contribution in [0.15, 0.2) is 18.5 Å². The molecule has 7 nitrogen and oxygen atoms in total. The molecule has 0 saturated carbocycles. The SMILES string of the molecule is COCCN(CC(=O)N(C)C)C(=O)CCn1cccn1. The Hall–Kier alpha value is -1.89. The van der Waals surface area contributed by atoms with Crippen LogP contribution in [0.5, 0.6) is 0 Å². The van der Waals surface area contributed by atoms with Crippen LogP contribution in [-0.2, 0) is 20.9 Å². The standard InChI is InChI=1S/C13H22N4O3/c1-15(2)13(19)11-16(9-10-20-3)12(18)5-8-17-7-4-6-14-17/h4,6-7H,5,8-11H2,1-3H3. The fourth-order valence-corrected chi connectivity index (χ4v) is 1.60. The summed E-state index contributed by atoms with van der Waals surface area (Å²) in [5.41, 5.74) is 0. The monoisotopic (exact) mass is 282 g/mol. The lowest BCUT2D eigenvalue weighted by molar-refractivity contribution is -0.139. The predicted octanol–water partition coefficient (Wildman–Crippen LogP) is -0.164.